The summed E-state index contributed by atoms with van der Waals surface area (Å²) in [6.45, 7) is 0. The van der Waals surface area contributed by atoms with Gasteiger partial charge in [-0.05, 0) is 42.5 Å². The molecule has 1 aliphatic rings. The van der Waals surface area contributed by atoms with Crippen molar-refractivity contribution in [2.45, 2.75) is 24.2 Å². The molecular formula is C9H10OS. The Balaban J connectivity index is 2.60. The Hall–Kier alpha value is -0.630. The highest BCUT2D eigenvalue weighted by atomic mass is 32.1. The smallest absolute Gasteiger partial charge is 0.116 e. The SMILES string of the molecule is Oc1cc(S)c2c(c1)CCC2. The normalized spacial score (nSPS) is 15.0. The maximum Gasteiger partial charge on any atom is 0.116 e. The highest BCUT2D eigenvalue weighted by Crippen LogP contribution is 2.31. The van der Waals surface area contributed by atoms with Gasteiger partial charge < -0.3 is 5.11 Å². The van der Waals surface area contributed by atoms with E-state index in [1.807, 2.05) is 6.07 Å². The van der Waals surface area contributed by atoms with Crippen LogP contribution in [0.4, 0.5) is 0 Å². The van der Waals surface area contributed by atoms with E-state index in [9.17, 15) is 5.11 Å². The van der Waals surface area contributed by atoms with Gasteiger partial charge in [-0.3, -0.25) is 0 Å². The van der Waals surface area contributed by atoms with E-state index >= 15 is 0 Å². The summed E-state index contributed by atoms with van der Waals surface area (Å²) in [7, 11) is 0. The molecule has 0 aromatic heterocycles. The van der Waals surface area contributed by atoms with Crippen LogP contribution in [0.3, 0.4) is 0 Å². The number of phenolic OH excluding ortho intramolecular Hbond substituents is 1. The first kappa shape index (κ1) is 7.04. The molecule has 0 bridgehead atoms. The van der Waals surface area contributed by atoms with Crippen molar-refractivity contribution in [1.29, 1.82) is 0 Å². The zero-order valence-corrected chi connectivity index (χ0v) is 7.06. The summed E-state index contributed by atoms with van der Waals surface area (Å²) in [4.78, 5) is 0.942. The van der Waals surface area contributed by atoms with E-state index in [0.29, 0.717) is 5.75 Å². The van der Waals surface area contributed by atoms with Gasteiger partial charge >= 0.3 is 0 Å². The lowest BCUT2D eigenvalue weighted by molar-refractivity contribution is 0.473. The summed E-state index contributed by atoms with van der Waals surface area (Å²) >= 11 is 4.30. The number of hydrogen-bond donors (Lipinski definition) is 2. The quantitative estimate of drug-likeness (QED) is 0.566. The molecule has 11 heavy (non-hydrogen) atoms. The molecule has 0 spiro atoms. The molecule has 1 N–H and O–H groups in total. The average molecular weight is 166 g/mol. The molecule has 0 atom stereocenters. The Morgan fingerprint density at radius 1 is 1.27 bits per heavy atom. The highest BCUT2D eigenvalue weighted by Gasteiger charge is 2.13. The molecule has 0 radical (unpaired) electrons. The fourth-order valence-electron chi connectivity index (χ4n) is 1.67. The van der Waals surface area contributed by atoms with Crippen molar-refractivity contribution < 1.29 is 5.11 Å². The Kier molecular flexibility index (Phi) is 1.57. The Bertz CT molecular complexity index is 294. The van der Waals surface area contributed by atoms with Crippen LogP contribution in [0, 0.1) is 0 Å². The maximum atomic E-state index is 9.23. The van der Waals surface area contributed by atoms with Crippen LogP contribution in [0.2, 0.25) is 0 Å². The summed E-state index contributed by atoms with van der Waals surface area (Å²) < 4.78 is 0. The first-order valence-corrected chi connectivity index (χ1v) is 4.26. The molecule has 0 aliphatic heterocycles. The van der Waals surface area contributed by atoms with Crippen LogP contribution in [0.15, 0.2) is 17.0 Å². The van der Waals surface area contributed by atoms with Gasteiger partial charge in [-0.2, -0.15) is 0 Å². The van der Waals surface area contributed by atoms with Crippen molar-refractivity contribution in [3.63, 3.8) is 0 Å². The molecule has 0 unspecified atom stereocenters. The van der Waals surface area contributed by atoms with Gasteiger partial charge in [0.15, 0.2) is 0 Å². The summed E-state index contributed by atoms with van der Waals surface area (Å²) in [5.41, 5.74) is 2.60. The number of rotatable bonds is 0. The molecule has 2 heteroatoms. The molecule has 1 nitrogen and oxygen atoms in total. The molecule has 2 rings (SSSR count). The zero-order chi connectivity index (χ0) is 7.84. The van der Waals surface area contributed by atoms with Gasteiger partial charge in [0.25, 0.3) is 0 Å². The lowest BCUT2D eigenvalue weighted by Gasteiger charge is -2.02. The first-order chi connectivity index (χ1) is 5.27. The van der Waals surface area contributed by atoms with Crippen molar-refractivity contribution in [2.24, 2.45) is 0 Å². The van der Waals surface area contributed by atoms with Crippen LogP contribution in [-0.2, 0) is 12.8 Å². The lowest BCUT2D eigenvalue weighted by atomic mass is 10.1. The number of aromatic hydroxyl groups is 1. The summed E-state index contributed by atoms with van der Waals surface area (Å²) in [6.07, 6.45) is 3.41. The second-order valence-corrected chi connectivity index (χ2v) is 3.44. The summed E-state index contributed by atoms with van der Waals surface area (Å²) in [5, 5.41) is 9.23. The number of benzene rings is 1. The van der Waals surface area contributed by atoms with E-state index in [0.717, 1.165) is 17.7 Å². The van der Waals surface area contributed by atoms with Crippen molar-refractivity contribution in [3.8, 4) is 5.75 Å². The van der Waals surface area contributed by atoms with Gasteiger partial charge in [0, 0.05) is 4.90 Å². The third-order valence-electron chi connectivity index (χ3n) is 2.18. The number of fused-ring (bicyclic) bond motifs is 1. The molecule has 0 saturated heterocycles. The van der Waals surface area contributed by atoms with E-state index in [-0.39, 0.29) is 0 Å². The van der Waals surface area contributed by atoms with Gasteiger partial charge in [0.05, 0.1) is 0 Å². The fourth-order valence-corrected chi connectivity index (χ4v) is 2.05. The van der Waals surface area contributed by atoms with Crippen molar-refractivity contribution in [3.05, 3.63) is 23.3 Å². The second-order valence-electron chi connectivity index (χ2n) is 2.96. The van der Waals surface area contributed by atoms with Gasteiger partial charge in [-0.1, -0.05) is 0 Å². The number of hydrogen-bond acceptors (Lipinski definition) is 2. The molecular weight excluding hydrogens is 156 g/mol. The third kappa shape index (κ3) is 1.11. The molecule has 1 aliphatic carbocycles. The highest BCUT2D eigenvalue weighted by molar-refractivity contribution is 7.80. The van der Waals surface area contributed by atoms with Crippen LogP contribution in [0.1, 0.15) is 17.5 Å². The van der Waals surface area contributed by atoms with Crippen LogP contribution in [-0.4, -0.2) is 5.11 Å². The monoisotopic (exact) mass is 166 g/mol. The van der Waals surface area contributed by atoms with Crippen LogP contribution in [0.25, 0.3) is 0 Å². The molecule has 1 aromatic rings. The number of phenols is 1. The second kappa shape index (κ2) is 2.45. The average Bonchev–Trinajstić information content (AvgIpc) is 2.34. The van der Waals surface area contributed by atoms with Crippen LogP contribution < -0.4 is 0 Å². The van der Waals surface area contributed by atoms with Gasteiger partial charge in [-0.25, -0.2) is 0 Å². The van der Waals surface area contributed by atoms with E-state index in [1.165, 1.54) is 17.5 Å². The van der Waals surface area contributed by atoms with E-state index < -0.39 is 0 Å². The number of aryl methyl sites for hydroxylation is 1. The van der Waals surface area contributed by atoms with Crippen molar-refractivity contribution in [2.75, 3.05) is 0 Å². The largest absolute Gasteiger partial charge is 0.508 e. The lowest BCUT2D eigenvalue weighted by Crippen LogP contribution is -1.83. The summed E-state index contributed by atoms with van der Waals surface area (Å²) in [6, 6.07) is 3.56. The van der Waals surface area contributed by atoms with Crippen LogP contribution in [0.5, 0.6) is 5.75 Å². The minimum absolute atomic E-state index is 0.343. The topological polar surface area (TPSA) is 20.2 Å². The molecule has 1 aromatic carbocycles. The summed E-state index contributed by atoms with van der Waals surface area (Å²) in [5.74, 6) is 0.343. The predicted octanol–water partition coefficient (Wildman–Crippen LogP) is 2.17. The van der Waals surface area contributed by atoms with Gasteiger partial charge in [0.2, 0.25) is 0 Å². The Morgan fingerprint density at radius 2 is 2.09 bits per heavy atom. The molecule has 0 fully saturated rings. The number of thiol groups is 1. The van der Waals surface area contributed by atoms with E-state index in [1.54, 1.807) is 6.07 Å². The Morgan fingerprint density at radius 3 is 2.91 bits per heavy atom. The van der Waals surface area contributed by atoms with Crippen molar-refractivity contribution >= 4 is 12.6 Å². The molecule has 58 valence electrons. The van der Waals surface area contributed by atoms with Gasteiger partial charge in [-0.15, -0.1) is 12.6 Å². The minimum atomic E-state index is 0.343. The fraction of sp³-hybridized carbons (Fsp3) is 0.333. The molecule has 0 heterocycles. The first-order valence-electron chi connectivity index (χ1n) is 3.81. The van der Waals surface area contributed by atoms with E-state index in [2.05, 4.69) is 12.6 Å². The molecule has 0 amide bonds. The molecule has 0 saturated carbocycles. The Labute approximate surface area is 71.5 Å². The van der Waals surface area contributed by atoms with E-state index in [4.69, 9.17) is 0 Å². The van der Waals surface area contributed by atoms with Crippen LogP contribution >= 0.6 is 12.6 Å². The maximum absolute atomic E-state index is 9.23. The zero-order valence-electron chi connectivity index (χ0n) is 6.17. The van der Waals surface area contributed by atoms with Crippen molar-refractivity contribution in [1.82, 2.24) is 0 Å². The minimum Gasteiger partial charge on any atom is -0.508 e. The standard InChI is InChI=1S/C9H10OS/c10-7-4-6-2-1-3-8(6)9(11)5-7/h4-5,10-11H,1-3H2. The third-order valence-corrected chi connectivity index (χ3v) is 2.58. The predicted molar refractivity (Wildman–Crippen MR) is 47.4 cm³/mol. The van der Waals surface area contributed by atoms with Gasteiger partial charge in [0.1, 0.15) is 5.75 Å².